The first kappa shape index (κ1) is 16.5. The molecule has 20 heavy (non-hydrogen) atoms. The molecular formula is C12H23N3O5. The summed E-state index contributed by atoms with van der Waals surface area (Å²) in [7, 11) is 1.99. The van der Waals surface area contributed by atoms with Crippen molar-refractivity contribution in [2.45, 2.75) is 44.8 Å². The number of hydrogen-bond donors (Lipinski definition) is 1. The van der Waals surface area contributed by atoms with Crippen LogP contribution in [0.1, 0.15) is 33.1 Å². The van der Waals surface area contributed by atoms with Gasteiger partial charge in [0.2, 0.25) is 0 Å². The third-order valence-corrected chi connectivity index (χ3v) is 3.22. The Balaban J connectivity index is 2.30. The van der Waals surface area contributed by atoms with Crippen LogP contribution in [0.2, 0.25) is 0 Å². The van der Waals surface area contributed by atoms with Gasteiger partial charge in [-0.3, -0.25) is 0 Å². The van der Waals surface area contributed by atoms with Crippen LogP contribution in [0.3, 0.4) is 0 Å². The summed E-state index contributed by atoms with van der Waals surface area (Å²) in [6.45, 7) is 5.23. The SMILES string of the molecule is CN1CCCC(OC(=O)NC(C)(C)CCO[N+](=O)[O-])C1. The molecule has 1 heterocycles. The summed E-state index contributed by atoms with van der Waals surface area (Å²) in [6.07, 6.45) is 1.61. The highest BCUT2D eigenvalue weighted by Gasteiger charge is 2.25. The smallest absolute Gasteiger partial charge is 0.407 e. The molecule has 0 aromatic rings. The zero-order chi connectivity index (χ0) is 15.2. The first-order valence-electron chi connectivity index (χ1n) is 6.73. The molecule has 1 amide bonds. The second-order valence-electron chi connectivity index (χ2n) is 5.75. The first-order valence-corrected chi connectivity index (χ1v) is 6.73. The van der Waals surface area contributed by atoms with E-state index in [9.17, 15) is 14.9 Å². The molecule has 1 aliphatic heterocycles. The number of likely N-dealkylation sites (tertiary alicyclic amines) is 1. The Kier molecular flexibility index (Phi) is 6.00. The fraction of sp³-hybridized carbons (Fsp3) is 0.917. The fourth-order valence-electron chi connectivity index (χ4n) is 2.11. The van der Waals surface area contributed by atoms with Gasteiger partial charge in [0.05, 0.1) is 6.61 Å². The van der Waals surface area contributed by atoms with Crippen molar-refractivity contribution in [2.75, 3.05) is 26.7 Å². The van der Waals surface area contributed by atoms with Gasteiger partial charge in [0.1, 0.15) is 6.10 Å². The summed E-state index contributed by atoms with van der Waals surface area (Å²) < 4.78 is 5.36. The molecule has 0 aliphatic carbocycles. The molecule has 8 heteroatoms. The molecule has 0 radical (unpaired) electrons. The van der Waals surface area contributed by atoms with Crippen LogP contribution in [-0.2, 0) is 9.57 Å². The van der Waals surface area contributed by atoms with Gasteiger partial charge in [-0.2, -0.15) is 0 Å². The Hall–Kier alpha value is -1.57. The van der Waals surface area contributed by atoms with Gasteiger partial charge in [0, 0.05) is 12.1 Å². The number of ether oxygens (including phenoxy) is 1. The molecule has 0 spiro atoms. The van der Waals surface area contributed by atoms with Gasteiger partial charge < -0.3 is 19.8 Å². The van der Waals surface area contributed by atoms with E-state index in [1.807, 2.05) is 7.05 Å². The molecule has 0 saturated carbocycles. The number of piperidine rings is 1. The summed E-state index contributed by atoms with van der Waals surface area (Å²) >= 11 is 0. The molecule has 1 saturated heterocycles. The Morgan fingerprint density at radius 2 is 2.25 bits per heavy atom. The normalized spacial score (nSPS) is 20.2. The monoisotopic (exact) mass is 289 g/mol. The van der Waals surface area contributed by atoms with E-state index in [1.54, 1.807) is 13.8 Å². The van der Waals surface area contributed by atoms with Crippen LogP contribution in [0, 0.1) is 10.1 Å². The highest BCUT2D eigenvalue weighted by atomic mass is 16.9. The van der Waals surface area contributed by atoms with Crippen molar-refractivity contribution < 1.29 is 19.5 Å². The number of amides is 1. The molecule has 1 fully saturated rings. The zero-order valence-corrected chi connectivity index (χ0v) is 12.3. The molecule has 0 aromatic heterocycles. The molecule has 1 atom stereocenters. The van der Waals surface area contributed by atoms with Gasteiger partial charge in [-0.1, -0.05) is 0 Å². The highest BCUT2D eigenvalue weighted by Crippen LogP contribution is 2.13. The molecular weight excluding hydrogens is 266 g/mol. The van der Waals surface area contributed by atoms with Crippen molar-refractivity contribution in [1.82, 2.24) is 10.2 Å². The summed E-state index contributed by atoms with van der Waals surface area (Å²) in [5.74, 6) is 0. The Labute approximate surface area is 118 Å². The zero-order valence-electron chi connectivity index (χ0n) is 12.3. The molecule has 8 nitrogen and oxygen atoms in total. The van der Waals surface area contributed by atoms with Crippen molar-refractivity contribution in [2.24, 2.45) is 0 Å². The lowest BCUT2D eigenvalue weighted by atomic mass is 10.0. The standard InChI is InChI=1S/C12H23N3O5/c1-12(2,6-8-19-15(17)18)13-11(16)20-10-5-4-7-14(3)9-10/h10H,4-9H2,1-3H3,(H,13,16). The van der Waals surface area contributed by atoms with Crippen LogP contribution in [0.4, 0.5) is 4.79 Å². The van der Waals surface area contributed by atoms with Crippen LogP contribution in [0.25, 0.3) is 0 Å². The second kappa shape index (κ2) is 7.28. The van der Waals surface area contributed by atoms with Crippen LogP contribution in [0.5, 0.6) is 0 Å². The van der Waals surface area contributed by atoms with Gasteiger partial charge in [0.25, 0.3) is 5.09 Å². The second-order valence-corrected chi connectivity index (χ2v) is 5.75. The third-order valence-electron chi connectivity index (χ3n) is 3.22. The molecule has 1 unspecified atom stereocenters. The van der Waals surface area contributed by atoms with Gasteiger partial charge in [0.15, 0.2) is 0 Å². The Morgan fingerprint density at radius 1 is 1.55 bits per heavy atom. The quantitative estimate of drug-likeness (QED) is 0.583. The van der Waals surface area contributed by atoms with E-state index >= 15 is 0 Å². The van der Waals surface area contributed by atoms with Gasteiger partial charge in [-0.15, -0.1) is 10.1 Å². The minimum Gasteiger partial charge on any atom is -0.445 e. The number of hydrogen-bond acceptors (Lipinski definition) is 6. The first-order chi connectivity index (χ1) is 9.28. The maximum absolute atomic E-state index is 11.8. The lowest BCUT2D eigenvalue weighted by Crippen LogP contribution is -2.47. The number of carbonyl (C=O) groups excluding carboxylic acids is 1. The van der Waals surface area contributed by atoms with Crippen LogP contribution >= 0.6 is 0 Å². The molecule has 1 N–H and O–H groups in total. The van der Waals surface area contributed by atoms with E-state index in [0.717, 1.165) is 25.9 Å². The summed E-state index contributed by atoms with van der Waals surface area (Å²) in [4.78, 5) is 28.2. The molecule has 1 rings (SSSR count). The topological polar surface area (TPSA) is 93.9 Å². The highest BCUT2D eigenvalue weighted by molar-refractivity contribution is 5.68. The predicted molar refractivity (Wildman–Crippen MR) is 71.8 cm³/mol. The Bertz CT molecular complexity index is 348. The van der Waals surface area contributed by atoms with Gasteiger partial charge in [-0.05, 0) is 46.7 Å². The van der Waals surface area contributed by atoms with Crippen molar-refractivity contribution in [3.8, 4) is 0 Å². The molecule has 116 valence electrons. The van der Waals surface area contributed by atoms with E-state index in [2.05, 4.69) is 15.1 Å². The number of nitrogens with zero attached hydrogens (tertiary/aromatic N) is 2. The predicted octanol–water partition coefficient (Wildman–Crippen LogP) is 1.18. The third kappa shape index (κ3) is 6.55. The van der Waals surface area contributed by atoms with Crippen LogP contribution < -0.4 is 5.32 Å². The lowest BCUT2D eigenvalue weighted by molar-refractivity contribution is -0.758. The maximum atomic E-state index is 11.8. The van der Waals surface area contributed by atoms with Crippen molar-refractivity contribution in [1.29, 1.82) is 0 Å². The lowest BCUT2D eigenvalue weighted by Gasteiger charge is -2.31. The summed E-state index contributed by atoms with van der Waals surface area (Å²) in [5.41, 5.74) is -0.617. The van der Waals surface area contributed by atoms with E-state index in [4.69, 9.17) is 4.74 Å². The number of carbonyl (C=O) groups is 1. The minimum absolute atomic E-state index is 0.0630. The van der Waals surface area contributed by atoms with E-state index < -0.39 is 16.7 Å². The van der Waals surface area contributed by atoms with Crippen molar-refractivity contribution >= 4 is 6.09 Å². The number of alkyl carbamates (subject to hydrolysis) is 1. The fourth-order valence-corrected chi connectivity index (χ4v) is 2.11. The van der Waals surface area contributed by atoms with E-state index in [0.29, 0.717) is 6.42 Å². The van der Waals surface area contributed by atoms with Gasteiger partial charge >= 0.3 is 6.09 Å². The summed E-state index contributed by atoms with van der Waals surface area (Å²) in [5, 5.41) is 11.9. The molecule has 0 aromatic carbocycles. The number of nitrogens with one attached hydrogen (secondary N) is 1. The van der Waals surface area contributed by atoms with Crippen molar-refractivity contribution in [3.05, 3.63) is 10.1 Å². The Morgan fingerprint density at radius 3 is 2.85 bits per heavy atom. The number of likely N-dealkylation sites (N-methyl/N-ethyl adjacent to an activating group) is 1. The van der Waals surface area contributed by atoms with Crippen LogP contribution in [0.15, 0.2) is 0 Å². The molecule has 0 bridgehead atoms. The van der Waals surface area contributed by atoms with Gasteiger partial charge in [-0.25, -0.2) is 4.79 Å². The van der Waals surface area contributed by atoms with Crippen molar-refractivity contribution in [3.63, 3.8) is 0 Å². The average molecular weight is 289 g/mol. The van der Waals surface area contributed by atoms with Crippen LogP contribution in [-0.4, -0.2) is 54.5 Å². The van der Waals surface area contributed by atoms with E-state index in [-0.39, 0.29) is 12.7 Å². The van der Waals surface area contributed by atoms with E-state index in [1.165, 1.54) is 0 Å². The summed E-state index contributed by atoms with van der Waals surface area (Å²) in [6, 6.07) is 0. The molecule has 1 aliphatic rings. The minimum atomic E-state index is -0.841. The average Bonchev–Trinajstić information content (AvgIpc) is 2.26. The largest absolute Gasteiger partial charge is 0.445 e. The number of rotatable bonds is 6. The maximum Gasteiger partial charge on any atom is 0.407 e.